The maximum absolute atomic E-state index is 12.9. The molecule has 8 nitrogen and oxygen atoms in total. The van der Waals surface area contributed by atoms with Gasteiger partial charge >= 0.3 is 5.97 Å². The average molecular weight is 509 g/mol. The predicted octanol–water partition coefficient (Wildman–Crippen LogP) is 4.35. The molecule has 2 rings (SSSR count). The van der Waals surface area contributed by atoms with Crippen LogP contribution in [0.5, 0.6) is 11.5 Å². The number of nitrogens with two attached hydrogens (primary N) is 1. The van der Waals surface area contributed by atoms with E-state index >= 15 is 0 Å². The summed E-state index contributed by atoms with van der Waals surface area (Å²) in [5, 5.41) is 9.44. The van der Waals surface area contributed by atoms with Crippen molar-refractivity contribution in [2.75, 3.05) is 7.11 Å². The normalized spacial score (nSPS) is 16.6. The third-order valence-electron chi connectivity index (χ3n) is 5.34. The van der Waals surface area contributed by atoms with Crippen LogP contribution in [0.25, 0.3) is 6.08 Å². The molecule has 0 saturated carbocycles. The van der Waals surface area contributed by atoms with Gasteiger partial charge in [-0.25, -0.2) is 4.79 Å². The Morgan fingerprint density at radius 2 is 1.94 bits per heavy atom. The number of thioether (sulfide) groups is 1. The molecule has 1 fully saturated rings. The number of primary amides is 1. The molecule has 0 aromatic heterocycles. The van der Waals surface area contributed by atoms with Crippen LogP contribution < -0.4 is 15.2 Å². The van der Waals surface area contributed by atoms with Gasteiger partial charge < -0.3 is 20.3 Å². The highest BCUT2D eigenvalue weighted by Gasteiger charge is 2.41. The van der Waals surface area contributed by atoms with Crippen molar-refractivity contribution >= 4 is 52.2 Å². The van der Waals surface area contributed by atoms with Crippen molar-refractivity contribution in [3.8, 4) is 11.5 Å². The Bertz CT molecular complexity index is 949. The minimum absolute atomic E-state index is 0.0378. The molecule has 1 saturated heterocycles. The molecule has 0 unspecified atom stereocenters. The van der Waals surface area contributed by atoms with Gasteiger partial charge in [-0.15, -0.1) is 0 Å². The first-order valence-corrected chi connectivity index (χ1v) is 12.5. The number of carbonyl (C=O) groups is 3. The van der Waals surface area contributed by atoms with E-state index in [0.29, 0.717) is 17.1 Å². The van der Waals surface area contributed by atoms with Crippen LogP contribution >= 0.6 is 24.0 Å². The second-order valence-corrected chi connectivity index (χ2v) is 9.79. The van der Waals surface area contributed by atoms with E-state index in [2.05, 4.69) is 6.92 Å². The van der Waals surface area contributed by atoms with Gasteiger partial charge in [0.2, 0.25) is 5.91 Å². The van der Waals surface area contributed by atoms with E-state index in [0.717, 1.165) is 29.5 Å². The van der Waals surface area contributed by atoms with Crippen molar-refractivity contribution in [2.45, 2.75) is 70.9 Å². The summed E-state index contributed by atoms with van der Waals surface area (Å²) in [6, 6.07) is 3.88. The van der Waals surface area contributed by atoms with E-state index < -0.39 is 30.2 Å². The molecule has 0 aliphatic carbocycles. The number of aliphatic carboxylic acids is 1. The predicted molar refractivity (Wildman–Crippen MR) is 137 cm³/mol. The molecule has 2 amide bonds. The number of carboxylic acid groups (broad SMARTS) is 1. The lowest BCUT2D eigenvalue weighted by molar-refractivity contribution is -0.146. The first-order valence-electron chi connectivity index (χ1n) is 11.3. The quantitative estimate of drug-likeness (QED) is 0.216. The highest BCUT2D eigenvalue weighted by atomic mass is 32.2. The Labute approximate surface area is 209 Å². The van der Waals surface area contributed by atoms with Gasteiger partial charge in [-0.3, -0.25) is 14.5 Å². The fourth-order valence-corrected chi connectivity index (χ4v) is 4.92. The lowest BCUT2D eigenvalue weighted by Crippen LogP contribution is -2.46. The number of hydrogen-bond acceptors (Lipinski definition) is 7. The maximum atomic E-state index is 12.9. The summed E-state index contributed by atoms with van der Waals surface area (Å²) in [4.78, 5) is 36.9. The molecule has 1 aliphatic heterocycles. The van der Waals surface area contributed by atoms with Crippen LogP contribution in [0.2, 0.25) is 0 Å². The van der Waals surface area contributed by atoms with Crippen molar-refractivity contribution < 1.29 is 29.0 Å². The van der Waals surface area contributed by atoms with Crippen LogP contribution in [0.3, 0.4) is 0 Å². The highest BCUT2D eigenvalue weighted by Crippen LogP contribution is 2.36. The SMILES string of the molecule is CCCCCCC[C@H](C)Oc1ccc(/C=C2/SC(=S)N([C@@H](CC(N)=O)C(=O)O)C2=O)cc1OC. The Hall–Kier alpha value is -2.59. The molecule has 0 bridgehead atoms. The van der Waals surface area contributed by atoms with E-state index in [1.54, 1.807) is 31.4 Å². The molecule has 0 radical (unpaired) electrons. The fourth-order valence-electron chi connectivity index (χ4n) is 3.56. The number of benzene rings is 1. The van der Waals surface area contributed by atoms with Gasteiger partial charge in [0.15, 0.2) is 11.5 Å². The zero-order valence-electron chi connectivity index (χ0n) is 19.7. The lowest BCUT2D eigenvalue weighted by Gasteiger charge is -2.21. The summed E-state index contributed by atoms with van der Waals surface area (Å²) in [5.74, 6) is -1.63. The molecule has 1 heterocycles. The summed E-state index contributed by atoms with van der Waals surface area (Å²) in [7, 11) is 1.54. The number of amides is 2. The van der Waals surface area contributed by atoms with Crippen molar-refractivity contribution in [2.24, 2.45) is 5.73 Å². The molecule has 10 heteroatoms. The summed E-state index contributed by atoms with van der Waals surface area (Å²) >= 11 is 6.17. The first-order chi connectivity index (χ1) is 16.2. The average Bonchev–Trinajstić information content (AvgIpc) is 3.05. The number of nitrogens with zero attached hydrogens (tertiary/aromatic N) is 1. The number of thiocarbonyl (C=S) groups is 1. The van der Waals surface area contributed by atoms with Crippen LogP contribution in [-0.4, -0.2) is 51.4 Å². The molecule has 1 aliphatic rings. The fraction of sp³-hybridized carbons (Fsp3) is 0.500. The molecule has 34 heavy (non-hydrogen) atoms. The zero-order valence-corrected chi connectivity index (χ0v) is 21.4. The van der Waals surface area contributed by atoms with Crippen LogP contribution in [0.15, 0.2) is 23.1 Å². The van der Waals surface area contributed by atoms with E-state index in [1.807, 2.05) is 6.92 Å². The molecule has 1 aromatic carbocycles. The maximum Gasteiger partial charge on any atom is 0.327 e. The van der Waals surface area contributed by atoms with E-state index in [4.69, 9.17) is 27.4 Å². The van der Waals surface area contributed by atoms with E-state index in [9.17, 15) is 19.5 Å². The minimum atomic E-state index is -1.44. The smallest absolute Gasteiger partial charge is 0.327 e. The summed E-state index contributed by atoms with van der Waals surface area (Å²) < 4.78 is 11.6. The number of ether oxygens (including phenoxy) is 2. The van der Waals surface area contributed by atoms with Gasteiger partial charge in [0.05, 0.1) is 24.5 Å². The molecule has 0 spiro atoms. The molecule has 3 N–H and O–H groups in total. The summed E-state index contributed by atoms with van der Waals surface area (Å²) in [5.41, 5.74) is 5.81. The monoisotopic (exact) mass is 508 g/mol. The number of carboxylic acids is 1. The number of rotatable bonds is 14. The van der Waals surface area contributed by atoms with Gasteiger partial charge in [0.25, 0.3) is 5.91 Å². The topological polar surface area (TPSA) is 119 Å². The summed E-state index contributed by atoms with van der Waals surface area (Å²) in [6.45, 7) is 4.23. The largest absolute Gasteiger partial charge is 0.493 e. The van der Waals surface area contributed by atoms with Gasteiger partial charge in [0.1, 0.15) is 10.4 Å². The minimum Gasteiger partial charge on any atom is -0.493 e. The van der Waals surface area contributed by atoms with Crippen LogP contribution in [-0.2, 0) is 14.4 Å². The number of unbranched alkanes of at least 4 members (excludes halogenated alkanes) is 4. The second-order valence-electron chi connectivity index (χ2n) is 8.12. The number of hydrogen-bond donors (Lipinski definition) is 2. The van der Waals surface area contributed by atoms with Crippen LogP contribution in [0.1, 0.15) is 64.4 Å². The molecule has 2 atom stereocenters. The van der Waals surface area contributed by atoms with Crippen molar-refractivity contribution in [1.29, 1.82) is 0 Å². The molecule has 1 aromatic rings. The number of carbonyl (C=O) groups excluding carboxylic acids is 2. The molecular weight excluding hydrogens is 476 g/mol. The Balaban J connectivity index is 2.12. The lowest BCUT2D eigenvalue weighted by atomic mass is 10.1. The molecule has 186 valence electrons. The summed E-state index contributed by atoms with van der Waals surface area (Å²) in [6.07, 6.45) is 8.08. The van der Waals surface area contributed by atoms with Crippen LogP contribution in [0.4, 0.5) is 0 Å². The Kier molecular flexibility index (Phi) is 10.8. The van der Waals surface area contributed by atoms with Crippen molar-refractivity contribution in [3.63, 3.8) is 0 Å². The molecular formula is C24H32N2O6S2. The van der Waals surface area contributed by atoms with Crippen LogP contribution in [0, 0.1) is 0 Å². The van der Waals surface area contributed by atoms with E-state index in [-0.39, 0.29) is 15.3 Å². The van der Waals surface area contributed by atoms with E-state index in [1.165, 1.54) is 25.7 Å². The van der Waals surface area contributed by atoms with Crippen molar-refractivity contribution in [1.82, 2.24) is 4.90 Å². The Morgan fingerprint density at radius 3 is 2.56 bits per heavy atom. The standard InChI is InChI=1S/C24H32N2O6S2/c1-4-5-6-7-8-9-15(2)32-18-11-10-16(12-19(18)31-3)13-20-22(28)26(24(33)34-20)17(23(29)30)14-21(25)27/h10-13,15,17H,4-9,14H2,1-3H3,(H2,25,27)(H,29,30)/b20-13+/t15-,17-/m0/s1. The zero-order chi connectivity index (χ0) is 25.3. The third kappa shape index (κ3) is 7.73. The first kappa shape index (κ1) is 27.7. The van der Waals surface area contributed by atoms with Gasteiger partial charge in [-0.1, -0.05) is 62.7 Å². The highest BCUT2D eigenvalue weighted by molar-refractivity contribution is 8.26. The van der Waals surface area contributed by atoms with Gasteiger partial charge in [-0.05, 0) is 43.5 Å². The Morgan fingerprint density at radius 1 is 1.24 bits per heavy atom. The van der Waals surface area contributed by atoms with Gasteiger partial charge in [0, 0.05) is 0 Å². The van der Waals surface area contributed by atoms with Crippen molar-refractivity contribution in [3.05, 3.63) is 28.7 Å². The third-order valence-corrected chi connectivity index (χ3v) is 6.67. The van der Waals surface area contributed by atoms with Gasteiger partial charge in [-0.2, -0.15) is 0 Å². The second kappa shape index (κ2) is 13.3. The number of methoxy groups -OCH3 is 1.